The molecule has 1 aliphatic heterocycles. The van der Waals surface area contributed by atoms with Crippen molar-refractivity contribution in [3.8, 4) is 0 Å². The molecule has 1 atom stereocenters. The fourth-order valence-electron chi connectivity index (χ4n) is 5.51. The van der Waals surface area contributed by atoms with E-state index in [1.165, 1.54) is 61.9 Å². The van der Waals surface area contributed by atoms with Gasteiger partial charge in [-0.25, -0.2) is 4.99 Å². The first kappa shape index (κ1) is 26.0. The van der Waals surface area contributed by atoms with Crippen LogP contribution in [0.1, 0.15) is 92.4 Å². The topological polar surface area (TPSA) is 24.8 Å². The molecule has 0 aromatic rings. The second-order valence-electron chi connectivity index (χ2n) is 10.8. The first-order valence-corrected chi connectivity index (χ1v) is 13.6. The molecule has 3 aliphatic rings. The van der Waals surface area contributed by atoms with E-state index in [1.807, 2.05) is 0 Å². The lowest BCUT2D eigenvalue weighted by atomic mass is 9.91. The average molecular weight is 453 g/mol. The molecule has 0 aromatic heterocycles. The molecule has 0 bridgehead atoms. The van der Waals surface area contributed by atoms with E-state index in [0.29, 0.717) is 5.92 Å². The number of hydrogen-bond acceptors (Lipinski definition) is 2. The molecule has 0 spiro atoms. The largest absolute Gasteiger partial charge is 0.370 e. The van der Waals surface area contributed by atoms with E-state index in [-0.39, 0.29) is 6.10 Å². The van der Waals surface area contributed by atoms with Crippen molar-refractivity contribution in [2.45, 2.75) is 98.5 Å². The van der Waals surface area contributed by atoms with Gasteiger partial charge in [0.05, 0.1) is 6.10 Å². The highest BCUT2D eigenvalue weighted by Gasteiger charge is 2.23. The van der Waals surface area contributed by atoms with E-state index in [9.17, 15) is 0 Å². The molecular formula is C30H48N2O. The summed E-state index contributed by atoms with van der Waals surface area (Å²) in [4.78, 5) is 7.32. The third-order valence-corrected chi connectivity index (χ3v) is 7.92. The zero-order valence-corrected chi connectivity index (χ0v) is 22.0. The Labute approximate surface area is 203 Å². The summed E-state index contributed by atoms with van der Waals surface area (Å²) in [6, 6.07) is 0. The Morgan fingerprint density at radius 3 is 2.45 bits per heavy atom. The molecule has 0 amide bonds. The van der Waals surface area contributed by atoms with E-state index in [0.717, 1.165) is 50.1 Å². The molecule has 0 N–H and O–H groups in total. The number of nitrogens with zero attached hydrogens (tertiary/aromatic N) is 2. The van der Waals surface area contributed by atoms with Crippen LogP contribution < -0.4 is 0 Å². The van der Waals surface area contributed by atoms with E-state index in [1.54, 1.807) is 5.57 Å². The van der Waals surface area contributed by atoms with Crippen molar-refractivity contribution in [3.05, 3.63) is 47.2 Å². The van der Waals surface area contributed by atoms with Crippen LogP contribution in [0.5, 0.6) is 0 Å². The number of allylic oxidation sites excluding steroid dienone is 5. The van der Waals surface area contributed by atoms with Crippen molar-refractivity contribution in [2.75, 3.05) is 19.7 Å². The number of likely N-dealkylation sites (tertiary alicyclic amines) is 1. The minimum Gasteiger partial charge on any atom is -0.370 e. The Morgan fingerprint density at radius 2 is 1.82 bits per heavy atom. The zero-order valence-electron chi connectivity index (χ0n) is 22.0. The van der Waals surface area contributed by atoms with Crippen LogP contribution >= 0.6 is 0 Å². The number of piperidine rings is 1. The maximum absolute atomic E-state index is 6.37. The first-order valence-electron chi connectivity index (χ1n) is 13.6. The van der Waals surface area contributed by atoms with Gasteiger partial charge < -0.3 is 9.64 Å². The van der Waals surface area contributed by atoms with Crippen LogP contribution in [-0.4, -0.2) is 36.5 Å². The summed E-state index contributed by atoms with van der Waals surface area (Å²) >= 11 is 0. The number of ether oxygens (including phenoxy) is 1. The molecule has 33 heavy (non-hydrogen) atoms. The molecule has 1 saturated carbocycles. The SMILES string of the molecule is C=C(N=C(CC)N1CCC(CCCOC2C=C(C)C(C3CCCC3)=CC=C2C)CC1)C(C)C. The fourth-order valence-corrected chi connectivity index (χ4v) is 5.51. The highest BCUT2D eigenvalue weighted by atomic mass is 16.5. The Morgan fingerprint density at radius 1 is 1.12 bits per heavy atom. The second kappa shape index (κ2) is 12.7. The minimum absolute atomic E-state index is 0.138. The Balaban J connectivity index is 1.41. The Bertz CT molecular complexity index is 771. The number of rotatable bonds is 9. The van der Waals surface area contributed by atoms with Gasteiger partial charge in [0.1, 0.15) is 5.84 Å². The van der Waals surface area contributed by atoms with Crippen molar-refractivity contribution in [3.63, 3.8) is 0 Å². The van der Waals surface area contributed by atoms with Gasteiger partial charge in [-0.3, -0.25) is 0 Å². The smallest absolute Gasteiger partial charge is 0.104 e. The average Bonchev–Trinajstić information content (AvgIpc) is 3.29. The summed E-state index contributed by atoms with van der Waals surface area (Å²) in [5.74, 6) is 3.21. The van der Waals surface area contributed by atoms with Gasteiger partial charge in [0.2, 0.25) is 0 Å². The van der Waals surface area contributed by atoms with Crippen molar-refractivity contribution in [1.29, 1.82) is 0 Å². The quantitative estimate of drug-likeness (QED) is 0.202. The lowest BCUT2D eigenvalue weighted by molar-refractivity contribution is 0.0984. The molecule has 3 nitrogen and oxygen atoms in total. The summed E-state index contributed by atoms with van der Waals surface area (Å²) < 4.78 is 6.37. The van der Waals surface area contributed by atoms with Crippen molar-refractivity contribution in [1.82, 2.24) is 4.90 Å². The molecule has 184 valence electrons. The van der Waals surface area contributed by atoms with E-state index in [2.05, 4.69) is 64.3 Å². The molecule has 1 heterocycles. The van der Waals surface area contributed by atoms with Gasteiger partial charge in [-0.15, -0.1) is 0 Å². The third kappa shape index (κ3) is 7.44. The highest BCUT2D eigenvalue weighted by molar-refractivity contribution is 5.83. The molecule has 1 saturated heterocycles. The van der Waals surface area contributed by atoms with Crippen LogP contribution in [0, 0.1) is 17.8 Å². The Hall–Kier alpha value is -1.61. The molecule has 3 rings (SSSR count). The van der Waals surface area contributed by atoms with Gasteiger partial charge in [-0.1, -0.05) is 52.3 Å². The second-order valence-corrected chi connectivity index (χ2v) is 10.8. The van der Waals surface area contributed by atoms with Crippen LogP contribution in [0.2, 0.25) is 0 Å². The number of amidine groups is 1. The van der Waals surface area contributed by atoms with Crippen molar-refractivity contribution in [2.24, 2.45) is 22.7 Å². The van der Waals surface area contributed by atoms with Gasteiger partial charge in [-0.05, 0) is 92.9 Å². The van der Waals surface area contributed by atoms with E-state index >= 15 is 0 Å². The van der Waals surface area contributed by atoms with Crippen molar-refractivity contribution < 1.29 is 4.74 Å². The predicted octanol–water partition coefficient (Wildman–Crippen LogP) is 7.86. The van der Waals surface area contributed by atoms with Gasteiger partial charge in [0, 0.05) is 31.8 Å². The summed E-state index contributed by atoms with van der Waals surface area (Å²) in [6.07, 6.45) is 18.6. The fraction of sp³-hybridized carbons (Fsp3) is 0.700. The van der Waals surface area contributed by atoms with Crippen LogP contribution in [0.3, 0.4) is 0 Å². The highest BCUT2D eigenvalue weighted by Crippen LogP contribution is 2.36. The standard InChI is InChI=1S/C30H48N2O/c1-7-30(31-25(6)22(2)3)32-18-16-26(17-19-32)11-10-20-33-29-21-24(5)28(15-14-23(29)4)27-12-8-9-13-27/h14-15,21-22,26-27,29H,6-13,16-20H2,1-5H3. The first-order chi connectivity index (χ1) is 15.9. The summed E-state index contributed by atoms with van der Waals surface area (Å²) in [6.45, 7) is 18.3. The lowest BCUT2D eigenvalue weighted by Crippen LogP contribution is -2.38. The zero-order chi connectivity index (χ0) is 23.8. The molecule has 0 aromatic carbocycles. The van der Waals surface area contributed by atoms with Gasteiger partial charge >= 0.3 is 0 Å². The van der Waals surface area contributed by atoms with E-state index in [4.69, 9.17) is 9.73 Å². The lowest BCUT2D eigenvalue weighted by Gasteiger charge is -2.34. The van der Waals surface area contributed by atoms with Crippen LogP contribution in [-0.2, 0) is 4.74 Å². The van der Waals surface area contributed by atoms with Gasteiger partial charge in [0.25, 0.3) is 0 Å². The normalized spacial score (nSPS) is 23.5. The molecule has 3 heteroatoms. The van der Waals surface area contributed by atoms with Gasteiger partial charge in [-0.2, -0.15) is 0 Å². The minimum atomic E-state index is 0.138. The molecule has 1 unspecified atom stereocenters. The van der Waals surface area contributed by atoms with Crippen molar-refractivity contribution >= 4 is 5.84 Å². The van der Waals surface area contributed by atoms with Crippen LogP contribution in [0.15, 0.2) is 52.2 Å². The maximum atomic E-state index is 6.37. The van der Waals surface area contributed by atoms with Gasteiger partial charge in [0.15, 0.2) is 0 Å². The number of hydrogen-bond donors (Lipinski definition) is 0. The van der Waals surface area contributed by atoms with Crippen LogP contribution in [0.4, 0.5) is 0 Å². The van der Waals surface area contributed by atoms with Crippen LogP contribution in [0.25, 0.3) is 0 Å². The maximum Gasteiger partial charge on any atom is 0.104 e. The molecule has 0 radical (unpaired) electrons. The van der Waals surface area contributed by atoms with E-state index < -0.39 is 0 Å². The number of aliphatic imine (C=N–C) groups is 1. The Kier molecular flexibility index (Phi) is 10.0. The molecule has 2 aliphatic carbocycles. The predicted molar refractivity (Wildman–Crippen MR) is 143 cm³/mol. The summed E-state index contributed by atoms with van der Waals surface area (Å²) in [7, 11) is 0. The molecular weight excluding hydrogens is 404 g/mol. The monoisotopic (exact) mass is 452 g/mol. The summed E-state index contributed by atoms with van der Waals surface area (Å²) in [5, 5.41) is 0. The third-order valence-electron chi connectivity index (χ3n) is 7.92. The molecule has 2 fully saturated rings. The summed E-state index contributed by atoms with van der Waals surface area (Å²) in [5.41, 5.74) is 5.33.